The summed E-state index contributed by atoms with van der Waals surface area (Å²) in [7, 11) is -2.93. The van der Waals surface area contributed by atoms with Gasteiger partial charge in [0.15, 0.2) is 7.14 Å². The smallest absolute Gasteiger partial charge is 0.181 e. The summed E-state index contributed by atoms with van der Waals surface area (Å²) in [6.45, 7) is 6.23. The molecule has 0 aliphatic carbocycles. The first-order chi connectivity index (χ1) is 13.2. The van der Waals surface area contributed by atoms with E-state index in [1.807, 2.05) is 72.8 Å². The predicted octanol–water partition coefficient (Wildman–Crippen LogP) is 5.21. The Labute approximate surface area is 161 Å². The van der Waals surface area contributed by atoms with Gasteiger partial charge in [0, 0.05) is 29.4 Å². The van der Waals surface area contributed by atoms with Crippen molar-refractivity contribution >= 4 is 35.1 Å². The average Bonchev–Trinajstić information content (AvgIpc) is 2.75. The van der Waals surface area contributed by atoms with E-state index in [1.165, 1.54) is 5.69 Å². The summed E-state index contributed by atoms with van der Waals surface area (Å²) < 4.78 is 13.9. The van der Waals surface area contributed by atoms with Gasteiger partial charge in [0.05, 0.1) is 11.6 Å². The van der Waals surface area contributed by atoms with Gasteiger partial charge in [0.2, 0.25) is 0 Å². The van der Waals surface area contributed by atoms with Crippen molar-refractivity contribution in [1.82, 2.24) is 0 Å². The van der Waals surface area contributed by atoms with Gasteiger partial charge in [-0.15, -0.1) is 0 Å². The maximum absolute atomic E-state index is 13.9. The fraction of sp³-hybridized carbons (Fsp3) is 0.174. The number of benzene rings is 3. The Morgan fingerprint density at radius 2 is 1.26 bits per heavy atom. The largest absolute Gasteiger partial charge is 0.372 e. The summed E-state index contributed by atoms with van der Waals surface area (Å²) in [5.74, 6) is 1.63. The first-order valence-electron chi connectivity index (χ1n) is 9.28. The maximum Gasteiger partial charge on any atom is 0.181 e. The molecule has 3 aromatic carbocycles. The van der Waals surface area contributed by atoms with E-state index in [9.17, 15) is 4.57 Å². The second-order valence-electron chi connectivity index (χ2n) is 6.26. The summed E-state index contributed by atoms with van der Waals surface area (Å²) in [6.07, 6.45) is 0. The van der Waals surface area contributed by atoms with E-state index in [2.05, 4.69) is 35.9 Å². The molecule has 3 rings (SSSR count). The lowest BCUT2D eigenvalue weighted by atomic mass is 10.2. The van der Waals surface area contributed by atoms with Crippen molar-refractivity contribution < 1.29 is 4.57 Å². The molecule has 0 unspecified atom stereocenters. The highest BCUT2D eigenvalue weighted by molar-refractivity contribution is 7.91. The van der Waals surface area contributed by atoms with Gasteiger partial charge in [-0.25, -0.2) is 0 Å². The first kappa shape index (κ1) is 19.1. The zero-order valence-electron chi connectivity index (χ0n) is 15.8. The van der Waals surface area contributed by atoms with Crippen LogP contribution in [-0.4, -0.2) is 19.0 Å². The van der Waals surface area contributed by atoms with Crippen molar-refractivity contribution in [2.24, 2.45) is 4.99 Å². The van der Waals surface area contributed by atoms with Crippen LogP contribution in [0.15, 0.2) is 89.9 Å². The fourth-order valence-corrected chi connectivity index (χ4v) is 5.16. The highest BCUT2D eigenvalue weighted by atomic mass is 31.2. The van der Waals surface area contributed by atoms with Gasteiger partial charge in [-0.2, -0.15) is 0 Å². The van der Waals surface area contributed by atoms with Crippen molar-refractivity contribution in [3.8, 4) is 0 Å². The third-order valence-corrected chi connectivity index (χ3v) is 7.20. The topological polar surface area (TPSA) is 32.7 Å². The van der Waals surface area contributed by atoms with Crippen molar-refractivity contribution in [2.75, 3.05) is 18.0 Å². The van der Waals surface area contributed by atoms with Crippen LogP contribution in [0.5, 0.6) is 0 Å². The zero-order chi connectivity index (χ0) is 19.1. The zero-order valence-corrected chi connectivity index (χ0v) is 16.7. The molecule has 0 N–H and O–H groups in total. The van der Waals surface area contributed by atoms with Crippen LogP contribution >= 0.6 is 7.14 Å². The van der Waals surface area contributed by atoms with E-state index in [0.29, 0.717) is 0 Å². The third kappa shape index (κ3) is 4.37. The Kier molecular flexibility index (Phi) is 6.26. The van der Waals surface area contributed by atoms with Crippen LogP contribution in [0.25, 0.3) is 0 Å². The Hall–Kier alpha value is -2.64. The lowest BCUT2D eigenvalue weighted by Crippen LogP contribution is -2.21. The Bertz CT molecular complexity index is 874. The summed E-state index contributed by atoms with van der Waals surface area (Å²) in [5.41, 5.74) is 1.98. The minimum atomic E-state index is -2.93. The molecule has 138 valence electrons. The summed E-state index contributed by atoms with van der Waals surface area (Å²) >= 11 is 0. The number of rotatable bonds is 7. The van der Waals surface area contributed by atoms with E-state index < -0.39 is 7.14 Å². The van der Waals surface area contributed by atoms with E-state index in [-0.39, 0.29) is 0 Å². The molecule has 3 aromatic rings. The molecule has 0 atom stereocenters. The number of nitrogens with zero attached hydrogens (tertiary/aromatic N) is 2. The van der Waals surface area contributed by atoms with Crippen molar-refractivity contribution in [3.63, 3.8) is 0 Å². The van der Waals surface area contributed by atoms with Crippen LogP contribution in [0.3, 0.4) is 0 Å². The van der Waals surface area contributed by atoms with E-state index in [0.717, 1.165) is 29.4 Å². The van der Waals surface area contributed by atoms with E-state index >= 15 is 0 Å². The molecule has 27 heavy (non-hydrogen) atoms. The predicted molar refractivity (Wildman–Crippen MR) is 118 cm³/mol. The van der Waals surface area contributed by atoms with Gasteiger partial charge < -0.3 is 9.46 Å². The molecule has 0 aliphatic heterocycles. The van der Waals surface area contributed by atoms with Crippen LogP contribution in [0.2, 0.25) is 0 Å². The molecular formula is C23H25N2OP. The quantitative estimate of drug-likeness (QED) is 0.419. The Morgan fingerprint density at radius 1 is 0.778 bits per heavy atom. The van der Waals surface area contributed by atoms with Gasteiger partial charge in [0.1, 0.15) is 0 Å². The van der Waals surface area contributed by atoms with Gasteiger partial charge in [-0.3, -0.25) is 4.99 Å². The van der Waals surface area contributed by atoms with Crippen LogP contribution < -0.4 is 15.5 Å². The third-order valence-electron chi connectivity index (χ3n) is 4.63. The van der Waals surface area contributed by atoms with Crippen LogP contribution in [0, 0.1) is 0 Å². The normalized spacial score (nSPS) is 11.6. The molecule has 0 fully saturated rings. The molecular weight excluding hydrogens is 351 g/mol. The number of hydrogen-bond donors (Lipinski definition) is 0. The molecule has 0 bridgehead atoms. The minimum absolute atomic E-state index is 0.791. The molecule has 0 heterocycles. The average molecular weight is 376 g/mol. The van der Waals surface area contributed by atoms with Crippen LogP contribution in [0.1, 0.15) is 13.8 Å². The van der Waals surface area contributed by atoms with Gasteiger partial charge in [-0.1, -0.05) is 60.7 Å². The highest BCUT2D eigenvalue weighted by Crippen LogP contribution is 2.41. The first-order valence-corrected chi connectivity index (χ1v) is 11.1. The molecule has 0 radical (unpaired) electrons. The molecule has 4 heteroatoms. The lowest BCUT2D eigenvalue weighted by molar-refractivity contribution is 0.594. The second kappa shape index (κ2) is 8.83. The van der Waals surface area contributed by atoms with Crippen LogP contribution in [0.4, 0.5) is 11.4 Å². The minimum Gasteiger partial charge on any atom is -0.372 e. The Morgan fingerprint density at radius 3 is 1.70 bits per heavy atom. The van der Waals surface area contributed by atoms with Gasteiger partial charge in [0.25, 0.3) is 0 Å². The molecule has 0 spiro atoms. The fourth-order valence-electron chi connectivity index (χ4n) is 3.07. The molecule has 0 saturated carbocycles. The number of anilines is 1. The Balaban J connectivity index is 1.95. The number of aliphatic imine (C=N–C) groups is 1. The molecule has 0 saturated heterocycles. The van der Waals surface area contributed by atoms with Crippen molar-refractivity contribution in [3.05, 3.63) is 84.9 Å². The standard InChI is InChI=1S/C23H25N2OP/c1-3-25(4-2)21-17-15-20(16-18-21)24-19-27(26,22-11-7-5-8-12-22)23-13-9-6-10-14-23/h5-19H,3-4H2,1-2H3. The summed E-state index contributed by atoms with van der Waals surface area (Å²) in [5, 5.41) is 1.58. The monoisotopic (exact) mass is 376 g/mol. The molecule has 0 aliphatic rings. The van der Waals surface area contributed by atoms with E-state index in [4.69, 9.17) is 0 Å². The SMILES string of the molecule is CCN(CC)c1ccc(N=CP(=O)(c2ccccc2)c2ccccc2)cc1. The van der Waals surface area contributed by atoms with E-state index in [1.54, 1.807) is 5.96 Å². The number of hydrogen-bond acceptors (Lipinski definition) is 3. The molecule has 0 amide bonds. The van der Waals surface area contributed by atoms with Crippen LogP contribution in [-0.2, 0) is 4.57 Å². The van der Waals surface area contributed by atoms with Crippen molar-refractivity contribution in [1.29, 1.82) is 0 Å². The summed E-state index contributed by atoms with van der Waals surface area (Å²) in [6, 6.07) is 27.2. The molecule has 3 nitrogen and oxygen atoms in total. The van der Waals surface area contributed by atoms with Crippen molar-refractivity contribution in [2.45, 2.75) is 13.8 Å². The maximum atomic E-state index is 13.9. The molecule has 0 aromatic heterocycles. The van der Waals surface area contributed by atoms with Gasteiger partial charge >= 0.3 is 0 Å². The second-order valence-corrected chi connectivity index (χ2v) is 8.84. The summed E-state index contributed by atoms with van der Waals surface area (Å²) in [4.78, 5) is 6.86. The highest BCUT2D eigenvalue weighted by Gasteiger charge is 2.24. The lowest BCUT2D eigenvalue weighted by Gasteiger charge is -2.20. The van der Waals surface area contributed by atoms with Gasteiger partial charge in [-0.05, 0) is 38.1 Å².